The monoisotopic (exact) mass is 302 g/mol. The van der Waals surface area contributed by atoms with E-state index in [4.69, 9.17) is 0 Å². The number of piperidine rings is 1. The van der Waals surface area contributed by atoms with Gasteiger partial charge < -0.3 is 15.7 Å². The zero-order valence-corrected chi connectivity index (χ0v) is 11.5. The smallest absolute Gasteiger partial charge is 0.403 e. The van der Waals surface area contributed by atoms with Crippen molar-refractivity contribution < 1.29 is 23.1 Å². The Morgan fingerprint density at radius 2 is 2.10 bits per heavy atom. The molecule has 0 saturated carbocycles. The molecule has 1 heterocycles. The van der Waals surface area contributed by atoms with Crippen LogP contribution in [0.25, 0.3) is 0 Å². The molecule has 0 aromatic heterocycles. The van der Waals surface area contributed by atoms with E-state index in [9.17, 15) is 23.1 Å². The Kier molecular flexibility index (Phi) is 4.41. The van der Waals surface area contributed by atoms with Gasteiger partial charge in [-0.15, -0.1) is 0 Å². The number of amides is 1. The Bertz CT molecular complexity index is 523. The minimum atomic E-state index is -4.26. The molecule has 4 nitrogen and oxygen atoms in total. The molecule has 2 atom stereocenters. The summed E-state index contributed by atoms with van der Waals surface area (Å²) < 4.78 is 37.5. The second-order valence-corrected chi connectivity index (χ2v) is 5.22. The molecule has 116 valence electrons. The van der Waals surface area contributed by atoms with E-state index in [1.54, 1.807) is 19.1 Å². The Balaban J connectivity index is 1.95. The third kappa shape index (κ3) is 3.66. The third-order valence-electron chi connectivity index (χ3n) is 3.63. The molecule has 1 saturated heterocycles. The van der Waals surface area contributed by atoms with Crippen molar-refractivity contribution in [3.05, 3.63) is 29.3 Å². The van der Waals surface area contributed by atoms with Crippen molar-refractivity contribution in [1.29, 1.82) is 0 Å². The number of phenolic OH excluding ortho intramolecular Hbond substituents is 1. The van der Waals surface area contributed by atoms with Crippen molar-refractivity contribution >= 4 is 5.91 Å². The number of alkyl halides is 3. The van der Waals surface area contributed by atoms with Gasteiger partial charge in [0.2, 0.25) is 0 Å². The van der Waals surface area contributed by atoms with E-state index in [0.717, 1.165) is 0 Å². The first-order valence-electron chi connectivity index (χ1n) is 6.68. The lowest BCUT2D eigenvalue weighted by Crippen LogP contribution is -2.54. The number of halogens is 3. The van der Waals surface area contributed by atoms with Gasteiger partial charge in [-0.05, 0) is 31.4 Å². The predicted octanol–water partition coefficient (Wildman–Crippen LogP) is 2.11. The third-order valence-corrected chi connectivity index (χ3v) is 3.63. The predicted molar refractivity (Wildman–Crippen MR) is 71.2 cm³/mol. The van der Waals surface area contributed by atoms with Crippen molar-refractivity contribution in [2.75, 3.05) is 6.54 Å². The van der Waals surface area contributed by atoms with Crippen molar-refractivity contribution in [1.82, 2.24) is 10.6 Å². The van der Waals surface area contributed by atoms with E-state index in [2.05, 4.69) is 10.6 Å². The Labute approximate surface area is 120 Å². The summed E-state index contributed by atoms with van der Waals surface area (Å²) in [6, 6.07) is 2.89. The first-order valence-corrected chi connectivity index (χ1v) is 6.68. The Hall–Kier alpha value is -1.76. The quantitative estimate of drug-likeness (QED) is 0.784. The van der Waals surface area contributed by atoms with E-state index >= 15 is 0 Å². The maximum atomic E-state index is 12.5. The summed E-state index contributed by atoms with van der Waals surface area (Å²) in [5, 5.41) is 14.9. The zero-order chi connectivity index (χ0) is 15.6. The van der Waals surface area contributed by atoms with Crippen LogP contribution in [-0.2, 0) is 0 Å². The van der Waals surface area contributed by atoms with Crippen LogP contribution in [0.2, 0.25) is 0 Å². The summed E-state index contributed by atoms with van der Waals surface area (Å²) in [6.45, 7) is 1.73. The summed E-state index contributed by atoms with van der Waals surface area (Å²) in [7, 11) is 0. The maximum absolute atomic E-state index is 12.5. The molecule has 1 fully saturated rings. The van der Waals surface area contributed by atoms with Crippen LogP contribution < -0.4 is 10.6 Å². The average molecular weight is 302 g/mol. The molecule has 1 aromatic rings. The van der Waals surface area contributed by atoms with Crippen molar-refractivity contribution in [3.8, 4) is 5.75 Å². The molecule has 1 aliphatic heterocycles. The van der Waals surface area contributed by atoms with Gasteiger partial charge in [0.1, 0.15) is 11.8 Å². The van der Waals surface area contributed by atoms with Crippen LogP contribution >= 0.6 is 0 Å². The summed E-state index contributed by atoms with van der Waals surface area (Å²) >= 11 is 0. The molecule has 1 aromatic carbocycles. The lowest BCUT2D eigenvalue weighted by atomic mass is 10.00. The number of phenols is 1. The van der Waals surface area contributed by atoms with Gasteiger partial charge in [0.15, 0.2) is 0 Å². The Morgan fingerprint density at radius 1 is 1.38 bits per heavy atom. The van der Waals surface area contributed by atoms with Crippen LogP contribution in [0.1, 0.15) is 28.8 Å². The molecule has 0 bridgehead atoms. The summed E-state index contributed by atoms with van der Waals surface area (Å²) in [6.07, 6.45) is -4.09. The number of nitrogens with one attached hydrogen (secondary N) is 2. The number of benzene rings is 1. The van der Waals surface area contributed by atoms with Crippen LogP contribution in [-0.4, -0.2) is 35.8 Å². The van der Waals surface area contributed by atoms with Crippen LogP contribution in [0.5, 0.6) is 5.75 Å². The topological polar surface area (TPSA) is 61.4 Å². The fourth-order valence-electron chi connectivity index (χ4n) is 2.36. The number of carbonyl (C=O) groups excluding carboxylic acids is 1. The first-order chi connectivity index (χ1) is 9.79. The Morgan fingerprint density at radius 3 is 2.67 bits per heavy atom. The maximum Gasteiger partial charge on any atom is 0.403 e. The van der Waals surface area contributed by atoms with Crippen LogP contribution in [0.3, 0.4) is 0 Å². The highest BCUT2D eigenvalue weighted by atomic mass is 19.4. The lowest BCUT2D eigenvalue weighted by Gasteiger charge is -2.31. The molecular formula is C14H17F3N2O2. The lowest BCUT2D eigenvalue weighted by molar-refractivity contribution is -0.160. The number of hydrogen-bond donors (Lipinski definition) is 3. The molecule has 0 aliphatic carbocycles. The molecule has 7 heteroatoms. The minimum Gasteiger partial charge on any atom is -0.507 e. The molecule has 3 N–H and O–H groups in total. The second kappa shape index (κ2) is 5.93. The van der Waals surface area contributed by atoms with Crippen molar-refractivity contribution in [3.63, 3.8) is 0 Å². The second-order valence-electron chi connectivity index (χ2n) is 5.22. The largest absolute Gasteiger partial charge is 0.507 e. The van der Waals surface area contributed by atoms with E-state index in [1.807, 2.05) is 0 Å². The van der Waals surface area contributed by atoms with Gasteiger partial charge in [0.25, 0.3) is 5.91 Å². The van der Waals surface area contributed by atoms with E-state index in [-0.39, 0.29) is 36.7 Å². The molecule has 0 radical (unpaired) electrons. The molecule has 1 amide bonds. The minimum absolute atomic E-state index is 0.0580. The highest BCUT2D eigenvalue weighted by molar-refractivity contribution is 5.97. The number of para-hydroxylation sites is 1. The number of carbonyl (C=O) groups is 1. The molecule has 0 spiro atoms. The van der Waals surface area contributed by atoms with Crippen LogP contribution in [0, 0.1) is 6.92 Å². The standard InChI is InChI=1S/C14H17F3N2O2/c1-8-3-2-4-10(12(8)20)13(21)19-9-5-6-11(18-7-9)14(15,16)17/h2-4,9,11,18,20H,5-7H2,1H3,(H,19,21). The van der Waals surface area contributed by atoms with Gasteiger partial charge >= 0.3 is 6.18 Å². The normalized spacial score (nSPS) is 22.9. The van der Waals surface area contributed by atoms with Crippen LogP contribution in [0.15, 0.2) is 18.2 Å². The number of hydrogen-bond acceptors (Lipinski definition) is 3. The zero-order valence-electron chi connectivity index (χ0n) is 11.5. The molecule has 2 rings (SSSR count). The fraction of sp³-hybridized carbons (Fsp3) is 0.500. The summed E-state index contributed by atoms with van der Waals surface area (Å²) in [4.78, 5) is 12.0. The van der Waals surface area contributed by atoms with E-state index in [1.165, 1.54) is 6.07 Å². The van der Waals surface area contributed by atoms with Gasteiger partial charge in [-0.2, -0.15) is 13.2 Å². The molecule has 21 heavy (non-hydrogen) atoms. The highest BCUT2D eigenvalue weighted by Gasteiger charge is 2.41. The average Bonchev–Trinajstić information content (AvgIpc) is 2.41. The van der Waals surface area contributed by atoms with Crippen LogP contribution in [0.4, 0.5) is 13.2 Å². The van der Waals surface area contributed by atoms with Crippen molar-refractivity contribution in [2.24, 2.45) is 0 Å². The number of aryl methyl sites for hydroxylation is 1. The van der Waals surface area contributed by atoms with E-state index < -0.39 is 18.1 Å². The molecule has 2 unspecified atom stereocenters. The first kappa shape index (κ1) is 15.6. The molecular weight excluding hydrogens is 285 g/mol. The SMILES string of the molecule is Cc1cccc(C(=O)NC2CCC(C(F)(F)F)NC2)c1O. The number of rotatable bonds is 2. The van der Waals surface area contributed by atoms with Crippen molar-refractivity contribution in [2.45, 2.75) is 38.0 Å². The van der Waals surface area contributed by atoms with Gasteiger partial charge in [-0.25, -0.2) is 0 Å². The van der Waals surface area contributed by atoms with Gasteiger partial charge in [0, 0.05) is 12.6 Å². The molecule has 1 aliphatic rings. The number of aromatic hydroxyl groups is 1. The fourth-order valence-corrected chi connectivity index (χ4v) is 2.36. The summed E-state index contributed by atoms with van der Waals surface area (Å²) in [5.74, 6) is -0.583. The highest BCUT2D eigenvalue weighted by Crippen LogP contribution is 2.26. The summed E-state index contributed by atoms with van der Waals surface area (Å²) in [5.41, 5.74) is 0.703. The van der Waals surface area contributed by atoms with Gasteiger partial charge in [-0.1, -0.05) is 12.1 Å². The van der Waals surface area contributed by atoms with E-state index in [0.29, 0.717) is 5.56 Å². The van der Waals surface area contributed by atoms with Gasteiger partial charge in [-0.3, -0.25) is 4.79 Å². The van der Waals surface area contributed by atoms with Gasteiger partial charge in [0.05, 0.1) is 5.56 Å².